The normalized spacial score (nSPS) is 23.7. The standard InChI is InChI=1S/C34H34F4/c1-4-22-17-19-34(3,20-18-22)26-12-10-25(11-13-26)29-16-15-28(32(37)33(29)38)24-8-6-23(7-9-24)27-14-5-21(2)30(35)31(27)36/h4-10,14-16,22,26H,1,11-13,17-20H2,2-3H3. The minimum atomic E-state index is -0.916. The zero-order chi connectivity index (χ0) is 27.0. The van der Waals surface area contributed by atoms with Crippen LogP contribution in [0.5, 0.6) is 0 Å². The maximum Gasteiger partial charge on any atom is 0.167 e. The van der Waals surface area contributed by atoms with Crippen LogP contribution in [0.2, 0.25) is 0 Å². The van der Waals surface area contributed by atoms with Crippen molar-refractivity contribution < 1.29 is 17.6 Å². The van der Waals surface area contributed by atoms with Crippen molar-refractivity contribution in [3.63, 3.8) is 0 Å². The van der Waals surface area contributed by atoms with Crippen LogP contribution in [0.3, 0.4) is 0 Å². The Balaban J connectivity index is 1.34. The number of rotatable bonds is 5. The van der Waals surface area contributed by atoms with E-state index in [0.717, 1.165) is 24.8 Å². The lowest BCUT2D eigenvalue weighted by Gasteiger charge is -2.44. The van der Waals surface area contributed by atoms with Crippen molar-refractivity contribution in [1.82, 2.24) is 0 Å². The molecule has 3 aromatic rings. The van der Waals surface area contributed by atoms with Crippen molar-refractivity contribution in [2.75, 3.05) is 0 Å². The zero-order valence-electron chi connectivity index (χ0n) is 22.1. The van der Waals surface area contributed by atoms with Gasteiger partial charge in [0, 0.05) is 16.7 Å². The minimum Gasteiger partial charge on any atom is -0.203 e. The van der Waals surface area contributed by atoms with Gasteiger partial charge in [-0.25, -0.2) is 17.6 Å². The van der Waals surface area contributed by atoms with Gasteiger partial charge in [-0.3, -0.25) is 0 Å². The first-order valence-electron chi connectivity index (χ1n) is 13.6. The van der Waals surface area contributed by atoms with Crippen molar-refractivity contribution in [2.45, 2.75) is 58.8 Å². The van der Waals surface area contributed by atoms with Crippen LogP contribution in [-0.2, 0) is 0 Å². The molecule has 0 heterocycles. The highest BCUT2D eigenvalue weighted by Gasteiger charge is 2.38. The summed E-state index contributed by atoms with van der Waals surface area (Å²) in [6, 6.07) is 12.7. The van der Waals surface area contributed by atoms with Crippen molar-refractivity contribution in [2.24, 2.45) is 17.3 Å². The van der Waals surface area contributed by atoms with Gasteiger partial charge in [-0.2, -0.15) is 0 Å². The van der Waals surface area contributed by atoms with E-state index in [1.165, 1.54) is 44.7 Å². The van der Waals surface area contributed by atoms with Crippen LogP contribution in [-0.4, -0.2) is 0 Å². The molecule has 0 saturated heterocycles. The molecule has 0 amide bonds. The molecular formula is C34H34F4. The summed E-state index contributed by atoms with van der Waals surface area (Å²) in [6.45, 7) is 7.84. The summed E-state index contributed by atoms with van der Waals surface area (Å²) in [6.07, 6.45) is 11.6. The number of allylic oxidation sites excluding steroid dienone is 3. The van der Waals surface area contributed by atoms with Gasteiger partial charge < -0.3 is 0 Å². The first kappa shape index (κ1) is 26.5. The van der Waals surface area contributed by atoms with Gasteiger partial charge in [0.2, 0.25) is 0 Å². The van der Waals surface area contributed by atoms with E-state index in [-0.39, 0.29) is 16.7 Å². The predicted molar refractivity (Wildman–Crippen MR) is 147 cm³/mol. The summed E-state index contributed by atoms with van der Waals surface area (Å²) in [5, 5.41) is 0. The summed E-state index contributed by atoms with van der Waals surface area (Å²) in [7, 11) is 0. The van der Waals surface area contributed by atoms with Crippen LogP contribution in [0.4, 0.5) is 17.6 Å². The molecule has 1 fully saturated rings. The van der Waals surface area contributed by atoms with E-state index in [0.29, 0.717) is 33.9 Å². The largest absolute Gasteiger partial charge is 0.203 e. The average molecular weight is 519 g/mol. The Hall–Kier alpha value is -3.14. The fourth-order valence-electron chi connectivity index (χ4n) is 6.37. The molecule has 5 rings (SSSR count). The molecule has 3 aromatic carbocycles. The molecule has 0 spiro atoms. The summed E-state index contributed by atoms with van der Waals surface area (Å²) in [4.78, 5) is 0. The van der Waals surface area contributed by atoms with Crippen LogP contribution < -0.4 is 0 Å². The highest BCUT2D eigenvalue weighted by Crippen LogP contribution is 2.50. The van der Waals surface area contributed by atoms with E-state index in [2.05, 4.69) is 25.7 Å². The van der Waals surface area contributed by atoms with Crippen LogP contribution in [0.25, 0.3) is 27.8 Å². The lowest BCUT2D eigenvalue weighted by Crippen LogP contribution is -2.32. The molecule has 0 radical (unpaired) electrons. The van der Waals surface area contributed by atoms with Crippen LogP contribution in [0.15, 0.2) is 67.3 Å². The van der Waals surface area contributed by atoms with Gasteiger partial charge in [0.25, 0.3) is 0 Å². The molecule has 198 valence electrons. The van der Waals surface area contributed by atoms with E-state index >= 15 is 8.78 Å². The maximum atomic E-state index is 15.3. The Bertz CT molecular complexity index is 1370. The molecule has 2 aliphatic carbocycles. The quantitative estimate of drug-likeness (QED) is 0.233. The highest BCUT2D eigenvalue weighted by molar-refractivity contribution is 5.74. The summed E-state index contributed by atoms with van der Waals surface area (Å²) < 4.78 is 59.0. The molecule has 1 atom stereocenters. The van der Waals surface area contributed by atoms with Crippen molar-refractivity contribution in [3.8, 4) is 22.3 Å². The topological polar surface area (TPSA) is 0 Å². The number of benzene rings is 3. The van der Waals surface area contributed by atoms with Gasteiger partial charge in [0.15, 0.2) is 23.3 Å². The van der Waals surface area contributed by atoms with E-state index in [9.17, 15) is 8.78 Å². The van der Waals surface area contributed by atoms with E-state index < -0.39 is 23.3 Å². The fourth-order valence-corrected chi connectivity index (χ4v) is 6.37. The number of halogens is 4. The average Bonchev–Trinajstić information content (AvgIpc) is 2.94. The SMILES string of the molecule is C=CC1CCC(C)(C2CC=C(c3ccc(-c4ccc(-c5ccc(C)c(F)c5F)cc4)c(F)c3F)CC2)CC1. The van der Waals surface area contributed by atoms with Gasteiger partial charge in [-0.05, 0) is 91.4 Å². The maximum absolute atomic E-state index is 15.3. The zero-order valence-corrected chi connectivity index (χ0v) is 22.1. The van der Waals surface area contributed by atoms with E-state index in [4.69, 9.17) is 0 Å². The van der Waals surface area contributed by atoms with Crippen LogP contribution >= 0.6 is 0 Å². The molecule has 0 N–H and O–H groups in total. The number of hydrogen-bond acceptors (Lipinski definition) is 0. The Morgan fingerprint density at radius 3 is 1.82 bits per heavy atom. The third-order valence-electron chi connectivity index (χ3n) is 9.11. The second kappa shape index (κ2) is 10.6. The second-order valence-corrected chi connectivity index (χ2v) is 11.4. The van der Waals surface area contributed by atoms with Gasteiger partial charge >= 0.3 is 0 Å². The molecule has 0 bridgehead atoms. The Morgan fingerprint density at radius 2 is 1.26 bits per heavy atom. The van der Waals surface area contributed by atoms with E-state index in [1.54, 1.807) is 36.4 Å². The predicted octanol–water partition coefficient (Wildman–Crippen LogP) is 10.5. The number of hydrogen-bond donors (Lipinski definition) is 0. The minimum absolute atomic E-state index is 0.131. The molecule has 0 aliphatic heterocycles. The summed E-state index contributed by atoms with van der Waals surface area (Å²) >= 11 is 0. The van der Waals surface area contributed by atoms with Crippen LogP contribution in [0.1, 0.15) is 63.0 Å². The first-order chi connectivity index (χ1) is 18.2. The Kier molecular flexibility index (Phi) is 7.35. The fraction of sp³-hybridized carbons (Fsp3) is 0.353. The van der Waals surface area contributed by atoms with Gasteiger partial charge in [-0.15, -0.1) is 6.58 Å². The Labute approximate surface area is 223 Å². The lowest BCUT2D eigenvalue weighted by molar-refractivity contribution is 0.0966. The van der Waals surface area contributed by atoms with Gasteiger partial charge in [0.05, 0.1) is 0 Å². The van der Waals surface area contributed by atoms with Crippen LogP contribution in [0, 0.1) is 47.4 Å². The molecule has 0 nitrogen and oxygen atoms in total. The molecule has 1 unspecified atom stereocenters. The monoisotopic (exact) mass is 518 g/mol. The highest BCUT2D eigenvalue weighted by atomic mass is 19.2. The van der Waals surface area contributed by atoms with Crippen molar-refractivity contribution in [3.05, 3.63) is 102 Å². The summed E-state index contributed by atoms with van der Waals surface area (Å²) in [5.74, 6) is -2.33. The summed E-state index contributed by atoms with van der Waals surface area (Å²) in [5.41, 5.74) is 2.96. The second-order valence-electron chi connectivity index (χ2n) is 11.4. The third-order valence-corrected chi connectivity index (χ3v) is 9.11. The molecule has 0 aromatic heterocycles. The molecule has 1 saturated carbocycles. The van der Waals surface area contributed by atoms with E-state index in [1.807, 2.05) is 0 Å². The molecule has 2 aliphatic rings. The van der Waals surface area contributed by atoms with Gasteiger partial charge in [-0.1, -0.05) is 67.6 Å². The lowest BCUT2D eigenvalue weighted by atomic mass is 9.61. The smallest absolute Gasteiger partial charge is 0.167 e. The van der Waals surface area contributed by atoms with Crippen molar-refractivity contribution in [1.29, 1.82) is 0 Å². The molecular weight excluding hydrogens is 484 g/mol. The first-order valence-corrected chi connectivity index (χ1v) is 13.6. The third kappa shape index (κ3) is 4.86. The number of aryl methyl sites for hydroxylation is 1. The Morgan fingerprint density at radius 1 is 0.737 bits per heavy atom. The van der Waals surface area contributed by atoms with Gasteiger partial charge in [0.1, 0.15) is 0 Å². The molecule has 4 heteroatoms. The molecule has 38 heavy (non-hydrogen) atoms. The van der Waals surface area contributed by atoms with Crippen molar-refractivity contribution >= 4 is 5.57 Å².